The molecule has 0 bridgehead atoms. The first kappa shape index (κ1) is 16.4. The first-order chi connectivity index (χ1) is 8.95. The summed E-state index contributed by atoms with van der Waals surface area (Å²) in [5, 5.41) is 0.860. The number of carbonyl (C=O) groups is 1. The fourth-order valence-electron chi connectivity index (χ4n) is 1.67. The first-order valence-electron chi connectivity index (χ1n) is 6.17. The highest BCUT2D eigenvalue weighted by molar-refractivity contribution is 6.42. The van der Waals surface area contributed by atoms with Crippen LogP contribution in [0.15, 0.2) is 18.2 Å². The summed E-state index contributed by atoms with van der Waals surface area (Å²) >= 11 is 11.8. The summed E-state index contributed by atoms with van der Waals surface area (Å²) in [4.78, 5) is 14.3. The third kappa shape index (κ3) is 5.11. The third-order valence-electron chi connectivity index (χ3n) is 2.90. The lowest BCUT2D eigenvalue weighted by Gasteiger charge is -2.25. The summed E-state index contributed by atoms with van der Waals surface area (Å²) in [6.07, 6.45) is 0. The van der Waals surface area contributed by atoms with Crippen LogP contribution in [-0.2, 0) is 4.74 Å². The zero-order valence-electron chi connectivity index (χ0n) is 11.5. The minimum absolute atomic E-state index is 0.0309. The van der Waals surface area contributed by atoms with Crippen molar-refractivity contribution in [1.82, 2.24) is 4.90 Å². The van der Waals surface area contributed by atoms with Crippen LogP contribution in [0.3, 0.4) is 0 Å². The molecule has 0 fully saturated rings. The van der Waals surface area contributed by atoms with Crippen molar-refractivity contribution in [2.45, 2.75) is 19.9 Å². The number of halogens is 2. The number of ether oxygens (including phenoxy) is 1. The molecule has 0 aliphatic rings. The summed E-state index contributed by atoms with van der Waals surface area (Å²) < 4.78 is 5.05. The highest BCUT2D eigenvalue weighted by Crippen LogP contribution is 2.23. The molecule has 1 rings (SSSR count). The zero-order valence-corrected chi connectivity index (χ0v) is 13.0. The topological polar surface area (TPSA) is 29.5 Å². The number of hydrogen-bond acceptors (Lipinski definition) is 3. The largest absolute Gasteiger partial charge is 0.383 e. The fraction of sp³-hybridized carbons (Fsp3) is 0.500. The summed E-state index contributed by atoms with van der Waals surface area (Å²) in [5.74, 6) is 0.0309. The van der Waals surface area contributed by atoms with Crippen molar-refractivity contribution < 1.29 is 9.53 Å². The molecule has 106 valence electrons. The Bertz CT molecular complexity index is 435. The number of Topliss-reactive ketones (excluding diaryl/α,β-unsaturated/α-hetero) is 1. The van der Waals surface area contributed by atoms with E-state index >= 15 is 0 Å². The van der Waals surface area contributed by atoms with Crippen molar-refractivity contribution in [3.8, 4) is 0 Å². The summed E-state index contributed by atoms with van der Waals surface area (Å²) in [6.45, 7) is 5.78. The van der Waals surface area contributed by atoms with Gasteiger partial charge in [0.15, 0.2) is 5.78 Å². The van der Waals surface area contributed by atoms with Gasteiger partial charge in [-0.25, -0.2) is 0 Å². The molecule has 0 aliphatic carbocycles. The molecule has 0 N–H and O–H groups in total. The molecule has 0 atom stereocenters. The number of ketones is 1. The Hall–Kier alpha value is -0.610. The van der Waals surface area contributed by atoms with Gasteiger partial charge in [-0.1, -0.05) is 23.2 Å². The molecule has 0 amide bonds. The molecular weight excluding hydrogens is 285 g/mol. The van der Waals surface area contributed by atoms with Gasteiger partial charge in [0.25, 0.3) is 0 Å². The number of carbonyl (C=O) groups excluding carboxylic acids is 1. The van der Waals surface area contributed by atoms with Gasteiger partial charge in [-0.05, 0) is 32.0 Å². The van der Waals surface area contributed by atoms with Gasteiger partial charge in [0.1, 0.15) is 0 Å². The lowest BCUT2D eigenvalue weighted by atomic mass is 10.1. The summed E-state index contributed by atoms with van der Waals surface area (Å²) in [6, 6.07) is 5.24. The van der Waals surface area contributed by atoms with Crippen molar-refractivity contribution in [1.29, 1.82) is 0 Å². The van der Waals surface area contributed by atoms with Crippen LogP contribution in [0.1, 0.15) is 24.2 Å². The number of nitrogens with zero attached hydrogens (tertiary/aromatic N) is 1. The molecule has 0 unspecified atom stereocenters. The van der Waals surface area contributed by atoms with Gasteiger partial charge in [-0.2, -0.15) is 0 Å². The maximum absolute atomic E-state index is 12.2. The Morgan fingerprint density at radius 3 is 2.53 bits per heavy atom. The van der Waals surface area contributed by atoms with Gasteiger partial charge in [0.05, 0.1) is 23.2 Å². The number of benzene rings is 1. The van der Waals surface area contributed by atoms with E-state index in [9.17, 15) is 4.79 Å². The molecule has 0 saturated carbocycles. The van der Waals surface area contributed by atoms with E-state index in [1.165, 1.54) is 0 Å². The summed E-state index contributed by atoms with van der Waals surface area (Å²) in [5.41, 5.74) is 0.581. The average Bonchev–Trinajstić information content (AvgIpc) is 2.37. The monoisotopic (exact) mass is 303 g/mol. The van der Waals surface area contributed by atoms with Crippen LogP contribution in [0, 0.1) is 0 Å². The van der Waals surface area contributed by atoms with E-state index < -0.39 is 0 Å². The van der Waals surface area contributed by atoms with E-state index in [1.54, 1.807) is 25.3 Å². The van der Waals surface area contributed by atoms with Crippen molar-refractivity contribution in [3.63, 3.8) is 0 Å². The van der Waals surface area contributed by atoms with Crippen LogP contribution >= 0.6 is 23.2 Å². The molecule has 1 aromatic rings. The molecule has 3 nitrogen and oxygen atoms in total. The highest BCUT2D eigenvalue weighted by Gasteiger charge is 2.15. The van der Waals surface area contributed by atoms with E-state index in [0.29, 0.717) is 28.8 Å². The maximum atomic E-state index is 12.2. The highest BCUT2D eigenvalue weighted by atomic mass is 35.5. The second-order valence-corrected chi connectivity index (χ2v) is 5.42. The van der Waals surface area contributed by atoms with E-state index in [0.717, 1.165) is 6.54 Å². The second-order valence-electron chi connectivity index (χ2n) is 4.61. The minimum Gasteiger partial charge on any atom is -0.383 e. The fourth-order valence-corrected chi connectivity index (χ4v) is 1.97. The minimum atomic E-state index is 0.0309. The number of rotatable bonds is 7. The third-order valence-corrected chi connectivity index (χ3v) is 3.64. The van der Waals surface area contributed by atoms with Gasteiger partial charge in [-0.3, -0.25) is 9.69 Å². The standard InChI is InChI=1S/C14H19Cl2NO2/c1-10(2)17(6-7-19-3)9-14(18)11-4-5-12(15)13(16)8-11/h4-5,8,10H,6-7,9H2,1-3H3. The molecule has 1 aromatic carbocycles. The SMILES string of the molecule is COCCN(CC(=O)c1ccc(Cl)c(Cl)c1)C(C)C. The smallest absolute Gasteiger partial charge is 0.176 e. The molecule has 0 aromatic heterocycles. The molecule has 0 aliphatic heterocycles. The molecule has 0 radical (unpaired) electrons. The molecule has 0 saturated heterocycles. The number of hydrogen-bond donors (Lipinski definition) is 0. The van der Waals surface area contributed by atoms with Gasteiger partial charge in [0.2, 0.25) is 0 Å². The zero-order chi connectivity index (χ0) is 14.4. The summed E-state index contributed by atoms with van der Waals surface area (Å²) in [7, 11) is 1.65. The van der Waals surface area contributed by atoms with Crippen molar-refractivity contribution in [2.75, 3.05) is 26.8 Å². The second kappa shape index (κ2) is 7.85. The van der Waals surface area contributed by atoms with Gasteiger partial charge in [-0.15, -0.1) is 0 Å². The van der Waals surface area contributed by atoms with E-state index in [1.807, 2.05) is 0 Å². The Kier molecular flexibility index (Phi) is 6.80. The van der Waals surface area contributed by atoms with E-state index in [-0.39, 0.29) is 11.8 Å². The Morgan fingerprint density at radius 1 is 1.32 bits per heavy atom. The first-order valence-corrected chi connectivity index (χ1v) is 6.92. The molecule has 5 heteroatoms. The Morgan fingerprint density at radius 2 is 2.00 bits per heavy atom. The quantitative estimate of drug-likeness (QED) is 0.722. The van der Waals surface area contributed by atoms with Gasteiger partial charge in [0, 0.05) is 25.3 Å². The van der Waals surface area contributed by atoms with Crippen LogP contribution in [-0.4, -0.2) is 43.5 Å². The Balaban J connectivity index is 2.73. The lowest BCUT2D eigenvalue weighted by Crippen LogP contribution is -2.38. The average molecular weight is 304 g/mol. The number of methoxy groups -OCH3 is 1. The van der Waals surface area contributed by atoms with Crippen molar-refractivity contribution in [3.05, 3.63) is 33.8 Å². The van der Waals surface area contributed by atoms with E-state index in [2.05, 4.69) is 18.7 Å². The molecule has 0 spiro atoms. The molecule has 19 heavy (non-hydrogen) atoms. The van der Waals surface area contributed by atoms with Crippen molar-refractivity contribution >= 4 is 29.0 Å². The van der Waals surface area contributed by atoms with Crippen molar-refractivity contribution in [2.24, 2.45) is 0 Å². The van der Waals surface area contributed by atoms with Crippen LogP contribution in [0.5, 0.6) is 0 Å². The van der Waals surface area contributed by atoms with E-state index in [4.69, 9.17) is 27.9 Å². The van der Waals surface area contributed by atoms with Crippen LogP contribution < -0.4 is 0 Å². The predicted molar refractivity (Wildman–Crippen MR) is 79.4 cm³/mol. The van der Waals surface area contributed by atoms with Crippen LogP contribution in [0.4, 0.5) is 0 Å². The van der Waals surface area contributed by atoms with Crippen LogP contribution in [0.25, 0.3) is 0 Å². The Labute approximate surface area is 124 Å². The predicted octanol–water partition coefficient (Wildman–Crippen LogP) is 3.53. The van der Waals surface area contributed by atoms with Gasteiger partial charge < -0.3 is 4.74 Å². The normalized spacial score (nSPS) is 11.3. The molecule has 0 heterocycles. The lowest BCUT2D eigenvalue weighted by molar-refractivity contribution is 0.0852. The van der Waals surface area contributed by atoms with Gasteiger partial charge >= 0.3 is 0 Å². The maximum Gasteiger partial charge on any atom is 0.176 e. The molecular formula is C14H19Cl2NO2. The van der Waals surface area contributed by atoms with Crippen LogP contribution in [0.2, 0.25) is 10.0 Å².